The van der Waals surface area contributed by atoms with Gasteiger partial charge in [0.1, 0.15) is 11.8 Å². The monoisotopic (exact) mass is 494 g/mol. The Bertz CT molecular complexity index is 996. The molecule has 33 heavy (non-hydrogen) atoms. The molecule has 0 saturated heterocycles. The molecule has 2 aromatic rings. The van der Waals surface area contributed by atoms with E-state index in [4.69, 9.17) is 16.3 Å². The average Bonchev–Trinajstić information content (AvgIpc) is 3.16. The minimum Gasteiger partial charge on any atom is -0.455 e. The fourth-order valence-electron chi connectivity index (χ4n) is 4.24. The molecule has 1 N–H and O–H groups in total. The van der Waals surface area contributed by atoms with E-state index >= 15 is 0 Å². The number of hydrogen-bond acceptors (Lipinski definition) is 5. The summed E-state index contributed by atoms with van der Waals surface area (Å²) < 4.78 is 19.7. The van der Waals surface area contributed by atoms with Gasteiger partial charge < -0.3 is 15.0 Å². The van der Waals surface area contributed by atoms with Crippen molar-refractivity contribution in [3.05, 3.63) is 59.5 Å². The summed E-state index contributed by atoms with van der Waals surface area (Å²) in [6.45, 7) is 0.0504. The standard InChI is InChI=1S/C23H24ClFN4O3.ClH/c24-17-7-4-8-18(25)22(17)32-16-12-21(30)29(14-16)19(11-15-5-2-1-3-6-15)23(31)28-20-13-26-9-10-27-20;/h4,7-10,12-13,15,19H,1-3,5-6,11,14H2,(H,27,28,31);1H/t19-;/m0./s1. The normalized spacial score (nSPS) is 17.2. The number of benzene rings is 1. The van der Waals surface area contributed by atoms with Crippen LogP contribution in [0.5, 0.6) is 5.75 Å². The van der Waals surface area contributed by atoms with E-state index in [1.54, 1.807) is 0 Å². The number of ether oxygens (including phenoxy) is 1. The first-order valence-corrected chi connectivity index (χ1v) is 11.1. The Labute approximate surface area is 202 Å². The molecule has 7 nitrogen and oxygen atoms in total. The lowest BCUT2D eigenvalue weighted by Crippen LogP contribution is -2.46. The first-order chi connectivity index (χ1) is 15.5. The third kappa shape index (κ3) is 6.21. The van der Waals surface area contributed by atoms with E-state index in [1.165, 1.54) is 54.2 Å². The molecule has 1 aliphatic carbocycles. The van der Waals surface area contributed by atoms with Gasteiger partial charge in [0.2, 0.25) is 5.91 Å². The summed E-state index contributed by atoms with van der Waals surface area (Å²) in [5.74, 6) is -0.541. The Hall–Kier alpha value is -2.71. The predicted octanol–water partition coefficient (Wildman–Crippen LogP) is 4.77. The second-order valence-electron chi connectivity index (χ2n) is 8.07. The van der Waals surface area contributed by atoms with Crippen LogP contribution < -0.4 is 10.1 Å². The van der Waals surface area contributed by atoms with Gasteiger partial charge in [0, 0.05) is 18.5 Å². The summed E-state index contributed by atoms with van der Waals surface area (Å²) in [7, 11) is 0. The molecule has 0 spiro atoms. The Morgan fingerprint density at radius 3 is 2.76 bits per heavy atom. The maximum atomic E-state index is 14.1. The quantitative estimate of drug-likeness (QED) is 0.598. The zero-order valence-electron chi connectivity index (χ0n) is 17.9. The van der Waals surface area contributed by atoms with Gasteiger partial charge >= 0.3 is 0 Å². The number of para-hydroxylation sites is 1. The highest BCUT2D eigenvalue weighted by atomic mass is 35.5. The van der Waals surface area contributed by atoms with Crippen LogP contribution in [0, 0.1) is 11.7 Å². The molecule has 2 aliphatic rings. The second-order valence-corrected chi connectivity index (χ2v) is 8.47. The van der Waals surface area contributed by atoms with Crippen molar-refractivity contribution in [3.8, 4) is 5.75 Å². The molecule has 0 bridgehead atoms. The van der Waals surface area contributed by atoms with Crippen LogP contribution in [0.4, 0.5) is 10.2 Å². The molecular formula is C23H25Cl2FN4O3. The highest BCUT2D eigenvalue weighted by molar-refractivity contribution is 6.32. The summed E-state index contributed by atoms with van der Waals surface area (Å²) in [4.78, 5) is 35.5. The summed E-state index contributed by atoms with van der Waals surface area (Å²) >= 11 is 6.05. The predicted molar refractivity (Wildman–Crippen MR) is 125 cm³/mol. The lowest BCUT2D eigenvalue weighted by Gasteiger charge is -2.31. The van der Waals surface area contributed by atoms with E-state index in [0.29, 0.717) is 18.2 Å². The maximum absolute atomic E-state index is 14.1. The van der Waals surface area contributed by atoms with Crippen molar-refractivity contribution in [1.82, 2.24) is 14.9 Å². The van der Waals surface area contributed by atoms with E-state index in [1.807, 2.05) is 0 Å². The third-order valence-electron chi connectivity index (χ3n) is 5.82. The van der Waals surface area contributed by atoms with Gasteiger partial charge in [0.05, 0.1) is 17.8 Å². The number of halogens is 3. The lowest BCUT2D eigenvalue weighted by atomic mass is 9.84. The number of nitrogens with one attached hydrogen (secondary N) is 1. The topological polar surface area (TPSA) is 84.4 Å². The summed E-state index contributed by atoms with van der Waals surface area (Å²) in [5, 5.41) is 2.87. The molecule has 1 atom stereocenters. The van der Waals surface area contributed by atoms with Crippen molar-refractivity contribution in [2.24, 2.45) is 5.92 Å². The van der Waals surface area contributed by atoms with Crippen molar-refractivity contribution in [2.45, 2.75) is 44.6 Å². The molecule has 176 valence electrons. The van der Waals surface area contributed by atoms with Crippen LogP contribution in [-0.2, 0) is 9.59 Å². The molecule has 1 fully saturated rings. The van der Waals surface area contributed by atoms with Gasteiger partial charge in [-0.05, 0) is 24.5 Å². The zero-order chi connectivity index (χ0) is 22.5. The van der Waals surface area contributed by atoms with E-state index in [2.05, 4.69) is 15.3 Å². The smallest absolute Gasteiger partial charge is 0.251 e. The summed E-state index contributed by atoms with van der Waals surface area (Å²) in [5.41, 5.74) is 0. The van der Waals surface area contributed by atoms with Crippen molar-refractivity contribution >= 4 is 41.6 Å². The highest BCUT2D eigenvalue weighted by Crippen LogP contribution is 2.33. The Kier molecular flexibility index (Phi) is 8.63. The van der Waals surface area contributed by atoms with Gasteiger partial charge in [0.15, 0.2) is 17.4 Å². The molecule has 4 rings (SSSR count). The lowest BCUT2D eigenvalue weighted by molar-refractivity contribution is -0.134. The summed E-state index contributed by atoms with van der Waals surface area (Å²) in [6.07, 6.45) is 11.8. The number of rotatable bonds is 7. The van der Waals surface area contributed by atoms with Crippen LogP contribution in [0.1, 0.15) is 38.5 Å². The van der Waals surface area contributed by atoms with Crippen molar-refractivity contribution in [1.29, 1.82) is 0 Å². The second kappa shape index (κ2) is 11.4. The molecule has 0 unspecified atom stereocenters. The highest BCUT2D eigenvalue weighted by Gasteiger charge is 2.36. The van der Waals surface area contributed by atoms with Crippen molar-refractivity contribution in [3.63, 3.8) is 0 Å². The number of hydrogen-bond donors (Lipinski definition) is 1. The molecule has 10 heteroatoms. The van der Waals surface area contributed by atoms with Gasteiger partial charge in [-0.1, -0.05) is 49.8 Å². The van der Waals surface area contributed by atoms with Gasteiger partial charge in [-0.2, -0.15) is 0 Å². The number of carbonyl (C=O) groups excluding carboxylic acids is 2. The van der Waals surface area contributed by atoms with Crippen molar-refractivity contribution < 1.29 is 18.7 Å². The molecule has 2 heterocycles. The van der Waals surface area contributed by atoms with Crippen molar-refractivity contribution in [2.75, 3.05) is 11.9 Å². The van der Waals surface area contributed by atoms with Crippen LogP contribution in [0.25, 0.3) is 0 Å². The Morgan fingerprint density at radius 2 is 2.06 bits per heavy atom. The molecule has 1 aromatic heterocycles. The number of nitrogens with zero attached hydrogens (tertiary/aromatic N) is 3. The van der Waals surface area contributed by atoms with E-state index < -0.39 is 11.9 Å². The number of carbonyl (C=O) groups is 2. The van der Waals surface area contributed by atoms with Crippen LogP contribution in [0.2, 0.25) is 5.02 Å². The van der Waals surface area contributed by atoms with Crippen LogP contribution >= 0.6 is 24.0 Å². The van der Waals surface area contributed by atoms with Crippen LogP contribution in [-0.4, -0.2) is 39.3 Å². The Morgan fingerprint density at radius 1 is 1.27 bits per heavy atom. The van der Waals surface area contributed by atoms with Gasteiger partial charge in [-0.25, -0.2) is 9.37 Å². The number of amides is 2. The number of anilines is 1. The SMILES string of the molecule is Cl.O=C(Nc1cnccn1)[C@H](CC1CCCCC1)N1CC(Oc2c(F)cccc2Cl)=CC1=O. The molecule has 2 amide bonds. The van der Waals surface area contributed by atoms with E-state index in [-0.39, 0.29) is 47.3 Å². The molecule has 1 saturated carbocycles. The molecular weight excluding hydrogens is 470 g/mol. The minimum absolute atomic E-state index is 0. The minimum atomic E-state index is -0.707. The fourth-order valence-corrected chi connectivity index (χ4v) is 4.44. The van der Waals surface area contributed by atoms with Gasteiger partial charge in [-0.3, -0.25) is 14.6 Å². The largest absolute Gasteiger partial charge is 0.455 e. The van der Waals surface area contributed by atoms with Gasteiger partial charge in [0.25, 0.3) is 5.91 Å². The first-order valence-electron chi connectivity index (χ1n) is 10.7. The first kappa shape index (κ1) is 24.9. The average molecular weight is 495 g/mol. The third-order valence-corrected chi connectivity index (χ3v) is 6.12. The van der Waals surface area contributed by atoms with E-state index in [0.717, 1.165) is 25.7 Å². The van der Waals surface area contributed by atoms with Crippen LogP contribution in [0.3, 0.4) is 0 Å². The fraction of sp³-hybridized carbons (Fsp3) is 0.391. The molecule has 1 aromatic carbocycles. The Balaban J connectivity index is 0.00000306. The maximum Gasteiger partial charge on any atom is 0.251 e. The van der Waals surface area contributed by atoms with Crippen LogP contribution in [0.15, 0.2) is 48.6 Å². The zero-order valence-corrected chi connectivity index (χ0v) is 19.4. The molecule has 0 radical (unpaired) electrons. The van der Waals surface area contributed by atoms with Gasteiger partial charge in [-0.15, -0.1) is 12.4 Å². The summed E-state index contributed by atoms with van der Waals surface area (Å²) in [6, 6.07) is 3.51. The van der Waals surface area contributed by atoms with E-state index in [9.17, 15) is 14.0 Å². The molecule has 1 aliphatic heterocycles. The number of aromatic nitrogens is 2.